The zero-order valence-corrected chi connectivity index (χ0v) is 11.8. The molecule has 0 saturated carbocycles. The van der Waals surface area contributed by atoms with Crippen molar-refractivity contribution in [1.29, 1.82) is 0 Å². The van der Waals surface area contributed by atoms with Crippen molar-refractivity contribution < 1.29 is 4.21 Å². The fourth-order valence-corrected chi connectivity index (χ4v) is 3.01. The first-order chi connectivity index (χ1) is 8.47. The van der Waals surface area contributed by atoms with Gasteiger partial charge >= 0.3 is 0 Å². The predicted octanol–water partition coefficient (Wildman–Crippen LogP) is 4.44. The zero-order chi connectivity index (χ0) is 13.2. The molecule has 94 valence electrons. The van der Waals surface area contributed by atoms with Crippen LogP contribution in [0, 0.1) is 6.92 Å². The summed E-state index contributed by atoms with van der Waals surface area (Å²) < 4.78 is 16.9. The minimum absolute atomic E-state index is 0.629. The molecule has 0 N–H and O–H groups in total. The highest BCUT2D eigenvalue weighted by atomic mass is 35.5. The first-order valence-corrected chi connectivity index (χ1v) is 7.82. The third kappa shape index (κ3) is 3.12. The molecule has 4 heteroatoms. The Balaban J connectivity index is 2.48. The highest BCUT2D eigenvalue weighted by Gasteiger charge is 2.06. The number of rotatable bonds is 2. The van der Waals surface area contributed by atoms with E-state index < -0.39 is 9.73 Å². The van der Waals surface area contributed by atoms with Gasteiger partial charge in [-0.25, -0.2) is 4.21 Å². The first-order valence-electron chi connectivity index (χ1n) is 5.52. The van der Waals surface area contributed by atoms with Gasteiger partial charge in [0.15, 0.2) is 0 Å². The standard InChI is InChI=1S/C14H14ClNOS/c1-11-4-3-5-13(10-11)16-18(2,17)14-8-6-12(15)7-9-14/h3-10H,1-2H3. The van der Waals surface area contributed by atoms with Gasteiger partial charge in [0.25, 0.3) is 0 Å². The minimum Gasteiger partial charge on any atom is -0.245 e. The fourth-order valence-electron chi connectivity index (χ4n) is 1.63. The Morgan fingerprint density at radius 3 is 2.39 bits per heavy atom. The van der Waals surface area contributed by atoms with E-state index in [0.29, 0.717) is 9.92 Å². The van der Waals surface area contributed by atoms with E-state index in [0.717, 1.165) is 11.3 Å². The molecule has 1 atom stereocenters. The van der Waals surface area contributed by atoms with Crippen LogP contribution in [0.3, 0.4) is 0 Å². The number of hydrogen-bond donors (Lipinski definition) is 0. The summed E-state index contributed by atoms with van der Waals surface area (Å²) in [6.45, 7) is 1.98. The summed E-state index contributed by atoms with van der Waals surface area (Å²) in [5.41, 5.74) is 1.83. The van der Waals surface area contributed by atoms with E-state index in [4.69, 9.17) is 11.6 Å². The van der Waals surface area contributed by atoms with E-state index in [1.165, 1.54) is 0 Å². The van der Waals surface area contributed by atoms with Crippen LogP contribution in [0.4, 0.5) is 5.69 Å². The monoisotopic (exact) mass is 279 g/mol. The van der Waals surface area contributed by atoms with Gasteiger partial charge in [0, 0.05) is 16.2 Å². The Morgan fingerprint density at radius 2 is 1.78 bits per heavy atom. The maximum atomic E-state index is 12.6. The van der Waals surface area contributed by atoms with Gasteiger partial charge in [-0.3, -0.25) is 0 Å². The second kappa shape index (κ2) is 5.12. The van der Waals surface area contributed by atoms with Crippen molar-refractivity contribution in [2.75, 3.05) is 6.26 Å². The number of halogens is 1. The van der Waals surface area contributed by atoms with E-state index in [9.17, 15) is 4.21 Å². The Bertz CT molecular complexity index is 670. The molecule has 0 radical (unpaired) electrons. The molecule has 0 saturated heterocycles. The number of hydrogen-bond acceptors (Lipinski definition) is 2. The lowest BCUT2D eigenvalue weighted by atomic mass is 10.2. The first kappa shape index (κ1) is 13.1. The lowest BCUT2D eigenvalue weighted by Gasteiger charge is -2.05. The van der Waals surface area contributed by atoms with Crippen molar-refractivity contribution in [1.82, 2.24) is 0 Å². The van der Waals surface area contributed by atoms with Crippen LogP contribution < -0.4 is 0 Å². The largest absolute Gasteiger partial charge is 0.245 e. The van der Waals surface area contributed by atoms with Gasteiger partial charge in [-0.1, -0.05) is 23.7 Å². The molecule has 0 aliphatic heterocycles. The van der Waals surface area contributed by atoms with Gasteiger partial charge in [-0.15, -0.1) is 0 Å². The van der Waals surface area contributed by atoms with E-state index in [-0.39, 0.29) is 0 Å². The molecule has 0 amide bonds. The van der Waals surface area contributed by atoms with Gasteiger partial charge in [0.1, 0.15) is 0 Å². The molecule has 0 fully saturated rings. The van der Waals surface area contributed by atoms with Crippen LogP contribution in [0.15, 0.2) is 57.8 Å². The van der Waals surface area contributed by atoms with E-state index in [1.54, 1.807) is 30.5 Å². The average molecular weight is 280 g/mol. The lowest BCUT2D eigenvalue weighted by Crippen LogP contribution is -1.96. The van der Waals surface area contributed by atoms with Gasteiger partial charge < -0.3 is 0 Å². The van der Waals surface area contributed by atoms with Gasteiger partial charge in [0.05, 0.1) is 15.4 Å². The van der Waals surface area contributed by atoms with Crippen molar-refractivity contribution >= 4 is 27.0 Å². The molecular formula is C14H14ClNOS. The normalized spacial score (nSPS) is 13.9. The molecule has 2 aromatic rings. The van der Waals surface area contributed by atoms with E-state index in [1.807, 2.05) is 31.2 Å². The predicted molar refractivity (Wildman–Crippen MR) is 77.1 cm³/mol. The summed E-state index contributed by atoms with van der Waals surface area (Å²) in [6, 6.07) is 14.6. The molecule has 0 heterocycles. The molecule has 18 heavy (non-hydrogen) atoms. The van der Waals surface area contributed by atoms with E-state index in [2.05, 4.69) is 4.36 Å². The second-order valence-electron chi connectivity index (χ2n) is 4.19. The SMILES string of the molecule is Cc1cccc(N=S(C)(=O)c2ccc(Cl)cc2)c1. The van der Waals surface area contributed by atoms with Crippen LogP contribution >= 0.6 is 11.6 Å². The third-order valence-corrected chi connectivity index (χ3v) is 4.49. The topological polar surface area (TPSA) is 29.4 Å². The molecule has 2 rings (SSSR count). The van der Waals surface area contributed by atoms with Crippen LogP contribution in [0.1, 0.15) is 5.56 Å². The molecule has 0 aliphatic rings. The Kier molecular flexibility index (Phi) is 3.73. The van der Waals surface area contributed by atoms with Crippen molar-refractivity contribution in [3.63, 3.8) is 0 Å². The smallest absolute Gasteiger partial charge is 0.0771 e. The molecule has 0 bridgehead atoms. The third-order valence-electron chi connectivity index (χ3n) is 2.53. The van der Waals surface area contributed by atoms with Crippen molar-refractivity contribution in [2.24, 2.45) is 4.36 Å². The maximum Gasteiger partial charge on any atom is 0.0771 e. The number of aryl methyl sites for hydroxylation is 1. The summed E-state index contributed by atoms with van der Waals surface area (Å²) in [4.78, 5) is 0.688. The van der Waals surface area contributed by atoms with Crippen LogP contribution in [0.25, 0.3) is 0 Å². The quantitative estimate of drug-likeness (QED) is 0.799. The molecule has 1 unspecified atom stereocenters. The fraction of sp³-hybridized carbons (Fsp3) is 0.143. The summed E-state index contributed by atoms with van der Waals surface area (Å²) in [7, 11) is -2.43. The molecule has 2 aromatic carbocycles. The van der Waals surface area contributed by atoms with Crippen LogP contribution in [0.5, 0.6) is 0 Å². The summed E-state index contributed by atoms with van der Waals surface area (Å²) in [5.74, 6) is 0. The van der Waals surface area contributed by atoms with Crippen LogP contribution in [-0.2, 0) is 9.73 Å². The van der Waals surface area contributed by atoms with Gasteiger partial charge in [0.2, 0.25) is 0 Å². The van der Waals surface area contributed by atoms with Gasteiger partial charge in [-0.2, -0.15) is 4.36 Å². The Labute approximate surface area is 113 Å². The molecule has 0 aliphatic carbocycles. The average Bonchev–Trinajstić information content (AvgIpc) is 2.29. The zero-order valence-electron chi connectivity index (χ0n) is 10.3. The summed E-state index contributed by atoms with van der Waals surface area (Å²) >= 11 is 5.82. The van der Waals surface area contributed by atoms with E-state index >= 15 is 0 Å². The Morgan fingerprint density at radius 1 is 1.11 bits per heavy atom. The number of nitrogens with zero attached hydrogens (tertiary/aromatic N) is 1. The lowest BCUT2D eigenvalue weighted by molar-refractivity contribution is 0.681. The Hall–Kier alpha value is -1.32. The molecule has 0 aromatic heterocycles. The second-order valence-corrected chi connectivity index (χ2v) is 6.88. The van der Waals surface area contributed by atoms with Gasteiger partial charge in [-0.05, 0) is 48.9 Å². The van der Waals surface area contributed by atoms with Crippen molar-refractivity contribution in [3.05, 3.63) is 59.1 Å². The van der Waals surface area contributed by atoms with Crippen molar-refractivity contribution in [3.8, 4) is 0 Å². The summed E-state index contributed by atoms with van der Waals surface area (Å²) in [6.07, 6.45) is 1.64. The maximum absolute atomic E-state index is 12.6. The summed E-state index contributed by atoms with van der Waals surface area (Å²) in [5, 5.41) is 0.629. The highest BCUT2D eigenvalue weighted by Crippen LogP contribution is 2.21. The highest BCUT2D eigenvalue weighted by molar-refractivity contribution is 7.93. The van der Waals surface area contributed by atoms with Crippen molar-refractivity contribution in [2.45, 2.75) is 11.8 Å². The molecular weight excluding hydrogens is 266 g/mol. The number of benzene rings is 2. The minimum atomic E-state index is -2.43. The van der Waals surface area contributed by atoms with Crippen LogP contribution in [0.2, 0.25) is 5.02 Å². The molecule has 0 spiro atoms. The van der Waals surface area contributed by atoms with Crippen LogP contribution in [-0.4, -0.2) is 10.5 Å². The molecule has 2 nitrogen and oxygen atoms in total.